The molecule has 3 heteroatoms. The molecule has 0 amide bonds. The van der Waals surface area contributed by atoms with Gasteiger partial charge in [-0.2, -0.15) is 0 Å². The Kier molecular flexibility index (Phi) is 4.35. The van der Waals surface area contributed by atoms with Crippen LogP contribution in [0.15, 0.2) is 24.4 Å². The second-order valence-corrected chi connectivity index (χ2v) is 6.36. The topological polar surface area (TPSA) is 33.2 Å². The van der Waals surface area contributed by atoms with Crippen LogP contribution in [0.1, 0.15) is 38.8 Å². The SMILES string of the molecule is CN(Cc1ccccn1)CC1CCCC(C)(C)C1=O. The van der Waals surface area contributed by atoms with Crippen molar-refractivity contribution in [1.82, 2.24) is 9.88 Å². The highest BCUT2D eigenvalue weighted by atomic mass is 16.1. The molecule has 0 spiro atoms. The first-order valence-electron chi connectivity index (χ1n) is 7.12. The van der Waals surface area contributed by atoms with E-state index >= 15 is 0 Å². The maximum absolute atomic E-state index is 12.4. The van der Waals surface area contributed by atoms with Crippen LogP contribution < -0.4 is 0 Å². The lowest BCUT2D eigenvalue weighted by Crippen LogP contribution is -2.40. The number of nitrogens with zero attached hydrogens (tertiary/aromatic N) is 2. The van der Waals surface area contributed by atoms with Gasteiger partial charge in [0.2, 0.25) is 0 Å². The van der Waals surface area contributed by atoms with E-state index in [1.165, 1.54) is 6.42 Å². The summed E-state index contributed by atoms with van der Waals surface area (Å²) in [4.78, 5) is 18.9. The average molecular weight is 260 g/mol. The van der Waals surface area contributed by atoms with Gasteiger partial charge in [-0.3, -0.25) is 14.7 Å². The van der Waals surface area contributed by atoms with Gasteiger partial charge < -0.3 is 0 Å². The molecule has 1 aliphatic carbocycles. The van der Waals surface area contributed by atoms with Crippen molar-refractivity contribution in [2.24, 2.45) is 11.3 Å². The Bertz CT molecular complexity index is 428. The van der Waals surface area contributed by atoms with Gasteiger partial charge >= 0.3 is 0 Å². The first kappa shape index (κ1) is 14.2. The van der Waals surface area contributed by atoms with Crippen molar-refractivity contribution < 1.29 is 4.79 Å². The molecule has 1 fully saturated rings. The van der Waals surface area contributed by atoms with Crippen molar-refractivity contribution in [3.63, 3.8) is 0 Å². The number of hydrogen-bond donors (Lipinski definition) is 0. The summed E-state index contributed by atoms with van der Waals surface area (Å²) in [6.07, 6.45) is 5.06. The quantitative estimate of drug-likeness (QED) is 0.834. The predicted octanol–water partition coefficient (Wildman–Crippen LogP) is 2.91. The summed E-state index contributed by atoms with van der Waals surface area (Å²) in [7, 11) is 2.07. The van der Waals surface area contributed by atoms with Crippen molar-refractivity contribution in [2.45, 2.75) is 39.7 Å². The van der Waals surface area contributed by atoms with E-state index in [4.69, 9.17) is 0 Å². The van der Waals surface area contributed by atoms with Crippen LogP contribution in [0.2, 0.25) is 0 Å². The van der Waals surface area contributed by atoms with Gasteiger partial charge in [-0.25, -0.2) is 0 Å². The standard InChI is InChI=1S/C16H24N2O/c1-16(2)9-6-7-13(15(16)19)11-18(3)12-14-8-4-5-10-17-14/h4-5,8,10,13H,6-7,9,11-12H2,1-3H3. The van der Waals surface area contributed by atoms with Gasteiger partial charge in [0.1, 0.15) is 5.78 Å². The lowest BCUT2D eigenvalue weighted by atomic mass is 9.71. The van der Waals surface area contributed by atoms with Crippen molar-refractivity contribution in [3.05, 3.63) is 30.1 Å². The number of Topliss-reactive ketones (excluding diaryl/α,β-unsaturated/α-hetero) is 1. The summed E-state index contributed by atoms with van der Waals surface area (Å²) in [5.74, 6) is 0.629. The van der Waals surface area contributed by atoms with Crippen LogP contribution in [-0.2, 0) is 11.3 Å². The van der Waals surface area contributed by atoms with E-state index in [1.807, 2.05) is 24.4 Å². The fourth-order valence-corrected chi connectivity index (χ4v) is 2.98. The summed E-state index contributed by atoms with van der Waals surface area (Å²) in [5.41, 5.74) is 0.932. The van der Waals surface area contributed by atoms with Gasteiger partial charge in [-0.05, 0) is 32.0 Å². The van der Waals surface area contributed by atoms with Crippen LogP contribution in [0.5, 0.6) is 0 Å². The normalized spacial score (nSPS) is 22.7. The minimum absolute atomic E-state index is 0.130. The highest BCUT2D eigenvalue weighted by Crippen LogP contribution is 2.35. The Morgan fingerprint density at radius 2 is 2.21 bits per heavy atom. The molecule has 19 heavy (non-hydrogen) atoms. The number of carbonyl (C=O) groups excluding carboxylic acids is 1. The minimum atomic E-state index is -0.130. The molecule has 1 unspecified atom stereocenters. The number of hydrogen-bond acceptors (Lipinski definition) is 3. The molecule has 1 saturated carbocycles. The van der Waals surface area contributed by atoms with Crippen molar-refractivity contribution in [3.8, 4) is 0 Å². The number of aromatic nitrogens is 1. The molecular formula is C16H24N2O. The lowest BCUT2D eigenvalue weighted by molar-refractivity contribution is -0.134. The largest absolute Gasteiger partial charge is 0.300 e. The molecular weight excluding hydrogens is 236 g/mol. The van der Waals surface area contributed by atoms with E-state index < -0.39 is 0 Å². The van der Waals surface area contributed by atoms with Crippen LogP contribution in [0, 0.1) is 11.3 Å². The van der Waals surface area contributed by atoms with Crippen molar-refractivity contribution in [2.75, 3.05) is 13.6 Å². The molecule has 1 aromatic heterocycles. The average Bonchev–Trinajstić information content (AvgIpc) is 2.36. The maximum atomic E-state index is 12.4. The molecule has 1 aliphatic rings. The Hall–Kier alpha value is -1.22. The molecule has 0 bridgehead atoms. The minimum Gasteiger partial charge on any atom is -0.300 e. The van der Waals surface area contributed by atoms with Crippen LogP contribution in [0.3, 0.4) is 0 Å². The maximum Gasteiger partial charge on any atom is 0.142 e. The number of pyridine rings is 1. The van der Waals surface area contributed by atoms with Crippen LogP contribution in [0.25, 0.3) is 0 Å². The summed E-state index contributed by atoms with van der Waals surface area (Å²) >= 11 is 0. The van der Waals surface area contributed by atoms with Gasteiger partial charge in [0.05, 0.1) is 5.69 Å². The van der Waals surface area contributed by atoms with E-state index in [9.17, 15) is 4.79 Å². The van der Waals surface area contributed by atoms with E-state index in [2.05, 4.69) is 30.8 Å². The lowest BCUT2D eigenvalue weighted by Gasteiger charge is -2.35. The molecule has 1 atom stereocenters. The summed E-state index contributed by atoms with van der Waals surface area (Å²) in [6.45, 7) is 5.82. The molecule has 3 nitrogen and oxygen atoms in total. The zero-order chi connectivity index (χ0) is 13.9. The third kappa shape index (κ3) is 3.63. The Morgan fingerprint density at radius 1 is 1.42 bits per heavy atom. The van der Waals surface area contributed by atoms with Crippen LogP contribution >= 0.6 is 0 Å². The molecule has 1 heterocycles. The van der Waals surface area contributed by atoms with E-state index in [0.29, 0.717) is 5.78 Å². The van der Waals surface area contributed by atoms with Gasteiger partial charge in [-0.15, -0.1) is 0 Å². The van der Waals surface area contributed by atoms with Crippen molar-refractivity contribution in [1.29, 1.82) is 0 Å². The number of ketones is 1. The molecule has 2 rings (SSSR count). The third-order valence-electron chi connectivity index (χ3n) is 4.08. The molecule has 0 N–H and O–H groups in total. The first-order valence-corrected chi connectivity index (χ1v) is 7.12. The fraction of sp³-hybridized carbons (Fsp3) is 0.625. The summed E-state index contributed by atoms with van der Waals surface area (Å²) < 4.78 is 0. The number of rotatable bonds is 4. The molecule has 0 saturated heterocycles. The van der Waals surface area contributed by atoms with E-state index in [1.54, 1.807) is 0 Å². The second-order valence-electron chi connectivity index (χ2n) is 6.36. The fourth-order valence-electron chi connectivity index (χ4n) is 2.98. The second kappa shape index (κ2) is 5.83. The van der Waals surface area contributed by atoms with Gasteiger partial charge in [0, 0.05) is 30.6 Å². The Morgan fingerprint density at radius 3 is 2.89 bits per heavy atom. The molecule has 1 aromatic rings. The van der Waals surface area contributed by atoms with Gasteiger partial charge in [-0.1, -0.05) is 26.3 Å². The van der Waals surface area contributed by atoms with Crippen LogP contribution in [-0.4, -0.2) is 29.3 Å². The Labute approximate surface area is 116 Å². The van der Waals surface area contributed by atoms with E-state index in [-0.39, 0.29) is 11.3 Å². The highest BCUT2D eigenvalue weighted by molar-refractivity contribution is 5.87. The zero-order valence-corrected chi connectivity index (χ0v) is 12.2. The summed E-state index contributed by atoms with van der Waals surface area (Å²) in [6, 6.07) is 5.96. The third-order valence-corrected chi connectivity index (χ3v) is 4.08. The molecule has 0 aliphatic heterocycles. The number of carbonyl (C=O) groups is 1. The van der Waals surface area contributed by atoms with Gasteiger partial charge in [0.15, 0.2) is 0 Å². The monoisotopic (exact) mass is 260 g/mol. The first-order chi connectivity index (χ1) is 8.99. The van der Waals surface area contributed by atoms with Crippen LogP contribution in [0.4, 0.5) is 0 Å². The molecule has 0 radical (unpaired) electrons. The zero-order valence-electron chi connectivity index (χ0n) is 12.2. The molecule has 0 aromatic carbocycles. The Balaban J connectivity index is 1.92. The highest BCUT2D eigenvalue weighted by Gasteiger charge is 2.37. The smallest absolute Gasteiger partial charge is 0.142 e. The van der Waals surface area contributed by atoms with Gasteiger partial charge in [0.25, 0.3) is 0 Å². The predicted molar refractivity (Wildman–Crippen MR) is 76.7 cm³/mol. The summed E-state index contributed by atoms with van der Waals surface area (Å²) in [5, 5.41) is 0. The molecule has 104 valence electrons. The van der Waals surface area contributed by atoms with E-state index in [0.717, 1.165) is 31.6 Å². The van der Waals surface area contributed by atoms with Crippen molar-refractivity contribution >= 4 is 5.78 Å².